The van der Waals surface area contributed by atoms with Crippen LogP contribution in [-0.2, 0) is 14.4 Å². The third-order valence-electron chi connectivity index (χ3n) is 8.29. The second-order valence-corrected chi connectivity index (χ2v) is 11.9. The number of carbonyl (C=O) groups is 3. The van der Waals surface area contributed by atoms with Crippen LogP contribution in [0.15, 0.2) is 24.3 Å². The molecule has 3 aliphatic rings. The number of hydrogen-bond acceptors (Lipinski definition) is 6. The number of aliphatic hydroxyl groups is 1. The molecule has 0 saturated carbocycles. The number of likely N-dealkylation sites (tertiary alicyclic amines) is 1. The third kappa shape index (κ3) is 4.18. The number of rotatable bonds is 10. The van der Waals surface area contributed by atoms with E-state index in [1.54, 1.807) is 23.6 Å². The quantitative estimate of drug-likeness (QED) is 0.442. The number of carbonyl (C=O) groups excluding carboxylic acids is 3. The summed E-state index contributed by atoms with van der Waals surface area (Å²) in [5, 5.41) is 16.1. The molecule has 0 radical (unpaired) electrons. The van der Waals surface area contributed by atoms with Crippen molar-refractivity contribution in [3.8, 4) is 0 Å². The molecule has 3 N–H and O–H groups in total. The van der Waals surface area contributed by atoms with E-state index in [1.165, 1.54) is 0 Å². The van der Waals surface area contributed by atoms with Crippen molar-refractivity contribution in [1.29, 1.82) is 0 Å². The number of fused-ring (bicyclic) bond motifs is 1. The van der Waals surface area contributed by atoms with Gasteiger partial charge in [0, 0.05) is 36.3 Å². The standard InChI is InChI=1S/C27H40N4O4S/c1-6-13-28-24(33)21-20-14-16(4)27(36-20)22(21)26(35)31(17(5)15-32)23(27)25(34)29-18-9-11-19(12-10-18)30(7-2)8-3/h9-12,16-17,20-23,32H,6-8,13-15H2,1-5H3,(H,28,33)(H,29,34)/t16?,17-,20-,21+,22+,23?,27?/m1/s1. The van der Waals surface area contributed by atoms with Crippen molar-refractivity contribution in [3.63, 3.8) is 0 Å². The second kappa shape index (κ2) is 10.6. The van der Waals surface area contributed by atoms with Crippen LogP contribution in [0.1, 0.15) is 47.5 Å². The first-order chi connectivity index (χ1) is 17.2. The molecule has 2 bridgehead atoms. The average molecular weight is 517 g/mol. The van der Waals surface area contributed by atoms with Crippen molar-refractivity contribution in [3.05, 3.63) is 24.3 Å². The highest BCUT2D eigenvalue weighted by atomic mass is 32.2. The molecule has 198 valence electrons. The SMILES string of the molecule is CCCNC(=O)[C@@H]1[C@H]2C(=O)N([C@H](C)CO)C(C(=O)Nc3ccc(N(CC)CC)cc3)C23S[C@@H]1CC3C. The van der Waals surface area contributed by atoms with Gasteiger partial charge in [-0.2, -0.15) is 0 Å². The number of anilines is 2. The molecule has 3 unspecified atom stereocenters. The molecular formula is C27H40N4O4S. The van der Waals surface area contributed by atoms with E-state index in [-0.39, 0.29) is 35.5 Å². The van der Waals surface area contributed by atoms with Crippen LogP contribution in [-0.4, -0.2) is 76.0 Å². The Kier molecular flexibility index (Phi) is 7.90. The van der Waals surface area contributed by atoms with E-state index >= 15 is 0 Å². The number of aliphatic hydroxyl groups excluding tert-OH is 1. The number of hydrogen-bond donors (Lipinski definition) is 3. The van der Waals surface area contributed by atoms with E-state index in [4.69, 9.17) is 0 Å². The first-order valence-electron chi connectivity index (χ1n) is 13.3. The van der Waals surface area contributed by atoms with Gasteiger partial charge in [0.15, 0.2) is 0 Å². The van der Waals surface area contributed by atoms with Gasteiger partial charge < -0.3 is 25.5 Å². The molecule has 8 nitrogen and oxygen atoms in total. The number of nitrogens with zero attached hydrogens (tertiary/aromatic N) is 2. The summed E-state index contributed by atoms with van der Waals surface area (Å²) in [6.45, 7) is 12.2. The van der Waals surface area contributed by atoms with Gasteiger partial charge in [0.1, 0.15) is 6.04 Å². The maximum atomic E-state index is 13.9. The van der Waals surface area contributed by atoms with E-state index in [0.717, 1.165) is 31.6 Å². The van der Waals surface area contributed by atoms with E-state index in [2.05, 4.69) is 36.3 Å². The summed E-state index contributed by atoms with van der Waals surface area (Å²) in [5.74, 6) is -1.46. The zero-order valence-electron chi connectivity index (χ0n) is 22.0. The highest BCUT2D eigenvalue weighted by molar-refractivity contribution is 8.02. The Balaban J connectivity index is 1.66. The minimum Gasteiger partial charge on any atom is -0.394 e. The zero-order chi connectivity index (χ0) is 26.2. The van der Waals surface area contributed by atoms with E-state index < -0.39 is 28.7 Å². The van der Waals surface area contributed by atoms with Gasteiger partial charge in [-0.05, 0) is 63.8 Å². The number of nitrogens with one attached hydrogen (secondary N) is 2. The lowest BCUT2D eigenvalue weighted by atomic mass is 9.66. The summed E-state index contributed by atoms with van der Waals surface area (Å²) in [7, 11) is 0. The Labute approximate surface area is 218 Å². The fraction of sp³-hybridized carbons (Fsp3) is 0.667. The molecule has 7 atom stereocenters. The summed E-state index contributed by atoms with van der Waals surface area (Å²) in [6.07, 6.45) is 1.62. The Morgan fingerprint density at radius 1 is 1.19 bits per heavy atom. The highest BCUT2D eigenvalue weighted by Gasteiger charge is 2.76. The van der Waals surface area contributed by atoms with Crippen molar-refractivity contribution in [2.24, 2.45) is 17.8 Å². The van der Waals surface area contributed by atoms with Gasteiger partial charge in [-0.25, -0.2) is 0 Å². The first-order valence-corrected chi connectivity index (χ1v) is 14.2. The molecule has 3 fully saturated rings. The third-order valence-corrected chi connectivity index (χ3v) is 10.4. The van der Waals surface area contributed by atoms with Crippen LogP contribution in [0.3, 0.4) is 0 Å². The van der Waals surface area contributed by atoms with Crippen molar-refractivity contribution in [2.75, 3.05) is 36.5 Å². The zero-order valence-corrected chi connectivity index (χ0v) is 22.8. The molecule has 0 aliphatic carbocycles. The minimum atomic E-state index is -0.756. The van der Waals surface area contributed by atoms with Crippen LogP contribution in [0.4, 0.5) is 11.4 Å². The molecule has 1 spiro atoms. The molecule has 1 aromatic rings. The Bertz CT molecular complexity index is 984. The van der Waals surface area contributed by atoms with Gasteiger partial charge in [-0.3, -0.25) is 14.4 Å². The molecule has 3 amide bonds. The topological polar surface area (TPSA) is 102 Å². The van der Waals surface area contributed by atoms with Crippen molar-refractivity contribution >= 4 is 40.9 Å². The summed E-state index contributed by atoms with van der Waals surface area (Å²) < 4.78 is -0.690. The fourth-order valence-corrected chi connectivity index (χ4v) is 8.95. The van der Waals surface area contributed by atoms with Gasteiger partial charge in [0.25, 0.3) is 0 Å². The first kappa shape index (κ1) is 26.8. The lowest BCUT2D eigenvalue weighted by Crippen LogP contribution is -2.56. The lowest BCUT2D eigenvalue weighted by Gasteiger charge is -2.39. The molecule has 3 saturated heterocycles. The molecule has 0 aromatic heterocycles. The molecule has 3 aliphatic heterocycles. The van der Waals surface area contributed by atoms with E-state index in [0.29, 0.717) is 12.2 Å². The number of benzene rings is 1. The van der Waals surface area contributed by atoms with Gasteiger partial charge in [0.05, 0.1) is 29.2 Å². The summed E-state index contributed by atoms with van der Waals surface area (Å²) in [5.41, 5.74) is 1.75. The molecule has 3 heterocycles. The summed E-state index contributed by atoms with van der Waals surface area (Å²) in [4.78, 5) is 44.8. The minimum absolute atomic E-state index is 0.0149. The normalized spacial score (nSPS) is 31.3. The van der Waals surface area contributed by atoms with E-state index in [1.807, 2.05) is 31.2 Å². The van der Waals surface area contributed by atoms with Crippen LogP contribution in [0.25, 0.3) is 0 Å². The average Bonchev–Trinajstić information content (AvgIpc) is 3.47. The molecule has 9 heteroatoms. The maximum absolute atomic E-state index is 13.9. The van der Waals surface area contributed by atoms with Gasteiger partial charge in [-0.1, -0.05) is 13.8 Å². The lowest BCUT2D eigenvalue weighted by molar-refractivity contribution is -0.141. The summed E-state index contributed by atoms with van der Waals surface area (Å²) in [6, 6.07) is 6.48. The van der Waals surface area contributed by atoms with Gasteiger partial charge >= 0.3 is 0 Å². The molecular weight excluding hydrogens is 476 g/mol. The maximum Gasteiger partial charge on any atom is 0.248 e. The van der Waals surface area contributed by atoms with Crippen LogP contribution in [0.2, 0.25) is 0 Å². The van der Waals surface area contributed by atoms with Crippen molar-refractivity contribution < 1.29 is 19.5 Å². The smallest absolute Gasteiger partial charge is 0.248 e. The van der Waals surface area contributed by atoms with Crippen molar-refractivity contribution in [1.82, 2.24) is 10.2 Å². The van der Waals surface area contributed by atoms with Crippen molar-refractivity contribution in [2.45, 2.75) is 69.5 Å². The second-order valence-electron chi connectivity index (χ2n) is 10.3. The van der Waals surface area contributed by atoms with Gasteiger partial charge in [0.2, 0.25) is 17.7 Å². The van der Waals surface area contributed by atoms with Crippen LogP contribution >= 0.6 is 11.8 Å². The monoisotopic (exact) mass is 516 g/mol. The number of amides is 3. The predicted molar refractivity (Wildman–Crippen MR) is 144 cm³/mol. The fourth-order valence-electron chi connectivity index (χ4n) is 6.54. The molecule has 1 aromatic carbocycles. The Morgan fingerprint density at radius 3 is 2.44 bits per heavy atom. The van der Waals surface area contributed by atoms with Crippen LogP contribution < -0.4 is 15.5 Å². The van der Waals surface area contributed by atoms with Gasteiger partial charge in [-0.15, -0.1) is 11.8 Å². The Hall–Kier alpha value is -2.26. The number of thioether (sulfide) groups is 1. The van der Waals surface area contributed by atoms with Crippen LogP contribution in [0.5, 0.6) is 0 Å². The molecule has 36 heavy (non-hydrogen) atoms. The largest absolute Gasteiger partial charge is 0.394 e. The Morgan fingerprint density at radius 2 is 1.86 bits per heavy atom. The predicted octanol–water partition coefficient (Wildman–Crippen LogP) is 2.72. The van der Waals surface area contributed by atoms with E-state index in [9.17, 15) is 19.5 Å². The highest BCUT2D eigenvalue weighted by Crippen LogP contribution is 2.68. The summed E-state index contributed by atoms with van der Waals surface area (Å²) >= 11 is 1.65. The molecule has 4 rings (SSSR count). The van der Waals surface area contributed by atoms with Crippen LogP contribution in [0, 0.1) is 17.8 Å².